The first-order valence-electron chi connectivity index (χ1n) is 6.94. The van der Waals surface area contributed by atoms with E-state index in [4.69, 9.17) is 0 Å². The monoisotopic (exact) mass is 299 g/mol. The second-order valence-electron chi connectivity index (χ2n) is 5.09. The highest BCUT2D eigenvalue weighted by molar-refractivity contribution is 7.15. The second-order valence-corrected chi connectivity index (χ2v) is 5.96. The highest BCUT2D eigenvalue weighted by atomic mass is 32.1. The fourth-order valence-corrected chi connectivity index (χ4v) is 2.98. The Bertz CT molecular complexity index is 731. The van der Waals surface area contributed by atoms with Gasteiger partial charge in [-0.3, -0.25) is 9.20 Å². The molecule has 0 aliphatic rings. The number of nitrogens with one attached hydrogen (secondary N) is 1. The third-order valence-corrected chi connectivity index (χ3v) is 4.10. The number of rotatable bonds is 5. The molecule has 0 radical (unpaired) electrons. The number of carbonyl (C=O) groups is 1. The van der Waals surface area contributed by atoms with Crippen molar-refractivity contribution in [3.05, 3.63) is 58.9 Å². The maximum absolute atomic E-state index is 11.9. The van der Waals surface area contributed by atoms with Crippen molar-refractivity contribution in [2.75, 3.05) is 0 Å². The Kier molecular flexibility index (Phi) is 4.01. The Balaban J connectivity index is 1.49. The number of thiazole rings is 1. The largest absolute Gasteiger partial charge is 0.350 e. The van der Waals surface area contributed by atoms with E-state index in [0.29, 0.717) is 13.0 Å². The Hall–Kier alpha value is -2.14. The topological polar surface area (TPSA) is 46.4 Å². The number of amides is 1. The average Bonchev–Trinajstić information content (AvgIpc) is 3.04. The molecule has 5 heteroatoms. The van der Waals surface area contributed by atoms with Crippen molar-refractivity contribution < 1.29 is 4.79 Å². The molecular formula is C16H17N3OS. The molecule has 1 aromatic carbocycles. The molecule has 0 bridgehead atoms. The number of carbonyl (C=O) groups excluding carboxylic acids is 1. The summed E-state index contributed by atoms with van der Waals surface area (Å²) >= 11 is 1.59. The highest BCUT2D eigenvalue weighted by Gasteiger charge is 2.06. The van der Waals surface area contributed by atoms with E-state index in [-0.39, 0.29) is 5.91 Å². The van der Waals surface area contributed by atoms with E-state index in [2.05, 4.69) is 35.4 Å². The van der Waals surface area contributed by atoms with Crippen LogP contribution in [0.2, 0.25) is 0 Å². The van der Waals surface area contributed by atoms with E-state index in [1.165, 1.54) is 11.1 Å². The van der Waals surface area contributed by atoms with Crippen LogP contribution in [-0.4, -0.2) is 15.3 Å². The maximum atomic E-state index is 11.9. The molecule has 1 amide bonds. The van der Waals surface area contributed by atoms with Gasteiger partial charge < -0.3 is 5.32 Å². The van der Waals surface area contributed by atoms with E-state index in [9.17, 15) is 4.79 Å². The Labute approximate surface area is 127 Å². The molecule has 0 saturated carbocycles. The fraction of sp³-hybridized carbons (Fsp3) is 0.250. The van der Waals surface area contributed by atoms with Gasteiger partial charge in [-0.05, 0) is 18.9 Å². The molecule has 0 atom stereocenters. The van der Waals surface area contributed by atoms with Crippen molar-refractivity contribution in [1.29, 1.82) is 0 Å². The van der Waals surface area contributed by atoms with Crippen molar-refractivity contribution in [1.82, 2.24) is 14.7 Å². The first kappa shape index (κ1) is 13.8. The van der Waals surface area contributed by atoms with Crippen LogP contribution in [0.15, 0.2) is 42.0 Å². The lowest BCUT2D eigenvalue weighted by Crippen LogP contribution is -2.23. The Morgan fingerprint density at radius 1 is 1.43 bits per heavy atom. The van der Waals surface area contributed by atoms with Crippen LogP contribution < -0.4 is 5.32 Å². The number of hydrogen-bond acceptors (Lipinski definition) is 3. The van der Waals surface area contributed by atoms with Gasteiger partial charge in [-0.2, -0.15) is 0 Å². The normalized spacial score (nSPS) is 10.9. The third kappa shape index (κ3) is 3.49. The molecule has 1 N–H and O–H groups in total. The summed E-state index contributed by atoms with van der Waals surface area (Å²) in [6.07, 6.45) is 5.19. The number of imidazole rings is 1. The molecule has 3 aromatic rings. The van der Waals surface area contributed by atoms with Crippen LogP contribution in [0.5, 0.6) is 0 Å². The summed E-state index contributed by atoms with van der Waals surface area (Å²) in [5.74, 6) is 0.0628. The molecule has 2 heterocycles. The molecule has 0 spiro atoms. The van der Waals surface area contributed by atoms with Crippen molar-refractivity contribution in [3.8, 4) is 0 Å². The molecule has 0 unspecified atom stereocenters. The van der Waals surface area contributed by atoms with E-state index in [1.807, 2.05) is 28.2 Å². The third-order valence-electron chi connectivity index (χ3n) is 3.33. The number of fused-ring (bicyclic) bond motifs is 1. The lowest BCUT2D eigenvalue weighted by molar-refractivity contribution is -0.121. The molecule has 2 aromatic heterocycles. The van der Waals surface area contributed by atoms with Crippen LogP contribution in [-0.2, 0) is 17.8 Å². The van der Waals surface area contributed by atoms with Crippen LogP contribution in [0.3, 0.4) is 0 Å². The smallest absolute Gasteiger partial charge is 0.220 e. The van der Waals surface area contributed by atoms with Gasteiger partial charge in [-0.1, -0.05) is 29.8 Å². The van der Waals surface area contributed by atoms with Crippen LogP contribution >= 0.6 is 11.3 Å². The lowest BCUT2D eigenvalue weighted by Gasteiger charge is -2.04. The zero-order chi connectivity index (χ0) is 14.7. The van der Waals surface area contributed by atoms with Gasteiger partial charge in [0.15, 0.2) is 4.96 Å². The summed E-state index contributed by atoms with van der Waals surface area (Å²) in [7, 11) is 0. The van der Waals surface area contributed by atoms with Crippen LogP contribution in [0.4, 0.5) is 0 Å². The summed E-state index contributed by atoms with van der Waals surface area (Å²) < 4.78 is 1.97. The molecule has 0 saturated heterocycles. The summed E-state index contributed by atoms with van der Waals surface area (Å²) in [6, 6.07) is 8.27. The SMILES string of the molecule is Cc1cccc(CCC(=O)NCc2cn3ccsc3n2)c1. The van der Waals surface area contributed by atoms with Crippen molar-refractivity contribution >= 4 is 22.2 Å². The molecular weight excluding hydrogens is 282 g/mol. The zero-order valence-corrected chi connectivity index (χ0v) is 12.7. The standard InChI is InChI=1S/C16H17N3OS/c1-12-3-2-4-13(9-12)5-6-15(20)17-10-14-11-19-7-8-21-16(19)18-14/h2-4,7-9,11H,5-6,10H2,1H3,(H,17,20). The number of hydrogen-bond donors (Lipinski definition) is 1. The van der Waals surface area contributed by atoms with E-state index >= 15 is 0 Å². The van der Waals surface area contributed by atoms with Gasteiger partial charge in [-0.25, -0.2) is 4.98 Å². The van der Waals surface area contributed by atoms with Crippen LogP contribution in [0.1, 0.15) is 23.2 Å². The first-order valence-corrected chi connectivity index (χ1v) is 7.82. The number of aryl methyl sites for hydroxylation is 2. The summed E-state index contributed by atoms with van der Waals surface area (Å²) in [6.45, 7) is 2.55. The molecule has 108 valence electrons. The van der Waals surface area contributed by atoms with E-state index in [0.717, 1.165) is 17.1 Å². The van der Waals surface area contributed by atoms with Gasteiger partial charge in [0.2, 0.25) is 5.91 Å². The van der Waals surface area contributed by atoms with Gasteiger partial charge in [0.1, 0.15) is 0 Å². The molecule has 4 nitrogen and oxygen atoms in total. The van der Waals surface area contributed by atoms with Crippen LogP contribution in [0.25, 0.3) is 4.96 Å². The lowest BCUT2D eigenvalue weighted by atomic mass is 10.1. The number of nitrogens with zero attached hydrogens (tertiary/aromatic N) is 2. The van der Waals surface area contributed by atoms with Crippen molar-refractivity contribution in [2.45, 2.75) is 26.3 Å². The zero-order valence-electron chi connectivity index (χ0n) is 11.9. The fourth-order valence-electron chi connectivity index (χ4n) is 2.26. The summed E-state index contributed by atoms with van der Waals surface area (Å²) in [5.41, 5.74) is 3.32. The summed E-state index contributed by atoms with van der Waals surface area (Å²) in [5, 5.41) is 4.92. The predicted octanol–water partition coefficient (Wildman–Crippen LogP) is 2.95. The maximum Gasteiger partial charge on any atom is 0.220 e. The van der Waals surface area contributed by atoms with Crippen molar-refractivity contribution in [2.24, 2.45) is 0 Å². The molecule has 0 aliphatic heterocycles. The van der Waals surface area contributed by atoms with E-state index < -0.39 is 0 Å². The molecule has 0 fully saturated rings. The first-order chi connectivity index (χ1) is 10.2. The number of aromatic nitrogens is 2. The molecule has 0 aliphatic carbocycles. The Morgan fingerprint density at radius 2 is 2.33 bits per heavy atom. The van der Waals surface area contributed by atoms with Crippen molar-refractivity contribution in [3.63, 3.8) is 0 Å². The highest BCUT2D eigenvalue weighted by Crippen LogP contribution is 2.11. The predicted molar refractivity (Wildman–Crippen MR) is 84.4 cm³/mol. The minimum Gasteiger partial charge on any atom is -0.350 e. The van der Waals surface area contributed by atoms with Crippen LogP contribution in [0, 0.1) is 6.92 Å². The van der Waals surface area contributed by atoms with Gasteiger partial charge in [0.25, 0.3) is 0 Å². The van der Waals surface area contributed by atoms with Gasteiger partial charge >= 0.3 is 0 Å². The van der Waals surface area contributed by atoms with Gasteiger partial charge in [-0.15, -0.1) is 11.3 Å². The van der Waals surface area contributed by atoms with Gasteiger partial charge in [0.05, 0.1) is 12.2 Å². The number of benzene rings is 1. The quantitative estimate of drug-likeness (QED) is 0.787. The minimum absolute atomic E-state index is 0.0628. The molecule has 3 rings (SSSR count). The summed E-state index contributed by atoms with van der Waals surface area (Å²) in [4.78, 5) is 17.3. The van der Waals surface area contributed by atoms with Gasteiger partial charge in [0, 0.05) is 24.2 Å². The minimum atomic E-state index is 0.0628. The second kappa shape index (κ2) is 6.10. The molecule has 21 heavy (non-hydrogen) atoms. The average molecular weight is 299 g/mol. The Morgan fingerprint density at radius 3 is 3.14 bits per heavy atom. The van der Waals surface area contributed by atoms with E-state index in [1.54, 1.807) is 11.3 Å².